The summed E-state index contributed by atoms with van der Waals surface area (Å²) in [7, 11) is 0. The summed E-state index contributed by atoms with van der Waals surface area (Å²) in [5.41, 5.74) is 3.44. The van der Waals surface area contributed by atoms with Crippen LogP contribution in [0.4, 0.5) is 5.69 Å². The van der Waals surface area contributed by atoms with E-state index in [2.05, 4.69) is 36.9 Å². The van der Waals surface area contributed by atoms with Crippen LogP contribution in [0.2, 0.25) is 0 Å². The summed E-state index contributed by atoms with van der Waals surface area (Å²) >= 11 is 0. The largest absolute Gasteiger partial charge is 0.390 e. The van der Waals surface area contributed by atoms with Crippen LogP contribution in [0.15, 0.2) is 18.2 Å². The van der Waals surface area contributed by atoms with Gasteiger partial charge in [-0.2, -0.15) is 0 Å². The molecule has 94 valence electrons. The Balaban J connectivity index is 2.42. The first-order chi connectivity index (χ1) is 7.92. The molecule has 0 aliphatic carbocycles. The third-order valence-electron chi connectivity index (χ3n) is 3.50. The predicted octanol–water partition coefficient (Wildman–Crippen LogP) is 2.94. The third kappa shape index (κ3) is 2.47. The molecular formula is C15H23NO. The Morgan fingerprint density at radius 3 is 2.71 bits per heavy atom. The van der Waals surface area contributed by atoms with E-state index in [0.717, 1.165) is 19.5 Å². The monoisotopic (exact) mass is 233 g/mol. The number of nitrogens with zero attached hydrogens (tertiary/aromatic N) is 1. The molecule has 1 aliphatic heterocycles. The van der Waals surface area contributed by atoms with Gasteiger partial charge in [0.25, 0.3) is 0 Å². The highest BCUT2D eigenvalue weighted by Crippen LogP contribution is 2.39. The Bertz CT molecular complexity index is 406. The van der Waals surface area contributed by atoms with Crippen molar-refractivity contribution in [2.75, 3.05) is 18.0 Å². The number of para-hydroxylation sites is 1. The molecule has 1 aromatic rings. The van der Waals surface area contributed by atoms with Crippen molar-refractivity contribution in [2.24, 2.45) is 0 Å². The molecule has 0 saturated carbocycles. The molecule has 1 aliphatic rings. The van der Waals surface area contributed by atoms with E-state index < -0.39 is 5.60 Å². The Morgan fingerprint density at radius 2 is 2.12 bits per heavy atom. The summed E-state index contributed by atoms with van der Waals surface area (Å²) in [6.07, 6.45) is 0.722. The minimum atomic E-state index is -0.639. The number of hydrogen-bond donors (Lipinski definition) is 1. The van der Waals surface area contributed by atoms with Gasteiger partial charge in [0, 0.05) is 31.1 Å². The van der Waals surface area contributed by atoms with Gasteiger partial charge in [0.05, 0.1) is 5.60 Å². The SMILES string of the molecule is CCN1CC(C)c2cccc(CC(C)(C)O)c21. The van der Waals surface area contributed by atoms with Crippen molar-refractivity contribution in [3.05, 3.63) is 29.3 Å². The van der Waals surface area contributed by atoms with Crippen molar-refractivity contribution >= 4 is 5.69 Å². The molecule has 0 saturated heterocycles. The highest BCUT2D eigenvalue weighted by atomic mass is 16.3. The van der Waals surface area contributed by atoms with E-state index in [9.17, 15) is 5.11 Å². The van der Waals surface area contributed by atoms with Gasteiger partial charge in [-0.3, -0.25) is 0 Å². The average molecular weight is 233 g/mol. The fourth-order valence-electron chi connectivity index (χ4n) is 2.81. The molecule has 1 aromatic carbocycles. The van der Waals surface area contributed by atoms with Crippen molar-refractivity contribution in [3.8, 4) is 0 Å². The zero-order chi connectivity index (χ0) is 12.6. The summed E-state index contributed by atoms with van der Waals surface area (Å²) in [5.74, 6) is 0.603. The van der Waals surface area contributed by atoms with E-state index >= 15 is 0 Å². The topological polar surface area (TPSA) is 23.5 Å². The normalized spacial score (nSPS) is 19.6. The summed E-state index contributed by atoms with van der Waals surface area (Å²) in [6, 6.07) is 6.50. The maximum atomic E-state index is 10.0. The third-order valence-corrected chi connectivity index (χ3v) is 3.50. The summed E-state index contributed by atoms with van der Waals surface area (Å²) < 4.78 is 0. The molecule has 1 atom stereocenters. The molecule has 0 spiro atoms. The van der Waals surface area contributed by atoms with Gasteiger partial charge in [-0.05, 0) is 31.9 Å². The quantitative estimate of drug-likeness (QED) is 0.867. The van der Waals surface area contributed by atoms with Crippen LogP contribution >= 0.6 is 0 Å². The first-order valence-electron chi connectivity index (χ1n) is 6.51. The standard InChI is InChI=1S/C15H23NO/c1-5-16-10-11(2)13-8-6-7-12(14(13)16)9-15(3,4)17/h6-8,11,17H,5,9-10H2,1-4H3. The van der Waals surface area contributed by atoms with Crippen LogP contribution in [-0.2, 0) is 6.42 Å². The number of benzene rings is 1. The second kappa shape index (κ2) is 4.34. The van der Waals surface area contributed by atoms with E-state index in [1.807, 2.05) is 13.8 Å². The van der Waals surface area contributed by atoms with Crippen LogP contribution in [0.5, 0.6) is 0 Å². The van der Waals surface area contributed by atoms with E-state index in [0.29, 0.717) is 5.92 Å². The molecule has 0 aromatic heterocycles. The smallest absolute Gasteiger partial charge is 0.0632 e. The Hall–Kier alpha value is -1.02. The van der Waals surface area contributed by atoms with Crippen molar-refractivity contribution in [3.63, 3.8) is 0 Å². The van der Waals surface area contributed by atoms with Gasteiger partial charge in [-0.15, -0.1) is 0 Å². The minimum absolute atomic E-state index is 0.603. The molecule has 0 radical (unpaired) electrons. The lowest BCUT2D eigenvalue weighted by atomic mass is 9.93. The van der Waals surface area contributed by atoms with Crippen LogP contribution in [0.3, 0.4) is 0 Å². The van der Waals surface area contributed by atoms with Gasteiger partial charge in [0.15, 0.2) is 0 Å². The molecule has 1 N–H and O–H groups in total. The predicted molar refractivity (Wildman–Crippen MR) is 72.7 cm³/mol. The number of likely N-dealkylation sites (N-methyl/N-ethyl adjacent to an activating group) is 1. The lowest BCUT2D eigenvalue weighted by Crippen LogP contribution is -2.25. The lowest BCUT2D eigenvalue weighted by Gasteiger charge is -2.24. The van der Waals surface area contributed by atoms with Crippen LogP contribution < -0.4 is 4.90 Å². The second-order valence-electron chi connectivity index (χ2n) is 5.78. The van der Waals surface area contributed by atoms with Gasteiger partial charge < -0.3 is 10.0 Å². The molecule has 2 rings (SSSR count). The van der Waals surface area contributed by atoms with Crippen molar-refractivity contribution in [2.45, 2.75) is 45.6 Å². The number of hydrogen-bond acceptors (Lipinski definition) is 2. The Kier molecular flexibility index (Phi) is 3.17. The molecular weight excluding hydrogens is 210 g/mol. The van der Waals surface area contributed by atoms with E-state index in [1.165, 1.54) is 16.8 Å². The van der Waals surface area contributed by atoms with Gasteiger partial charge in [0.2, 0.25) is 0 Å². The zero-order valence-electron chi connectivity index (χ0n) is 11.3. The molecule has 0 fully saturated rings. The molecule has 0 bridgehead atoms. The zero-order valence-corrected chi connectivity index (χ0v) is 11.3. The van der Waals surface area contributed by atoms with Crippen molar-refractivity contribution in [1.82, 2.24) is 0 Å². The number of aliphatic hydroxyl groups is 1. The van der Waals surface area contributed by atoms with Crippen LogP contribution in [0.1, 0.15) is 44.7 Å². The van der Waals surface area contributed by atoms with Crippen molar-refractivity contribution in [1.29, 1.82) is 0 Å². The highest BCUT2D eigenvalue weighted by Gasteiger charge is 2.28. The maximum absolute atomic E-state index is 10.0. The number of rotatable bonds is 3. The van der Waals surface area contributed by atoms with E-state index in [1.54, 1.807) is 0 Å². The Morgan fingerprint density at radius 1 is 1.41 bits per heavy atom. The fraction of sp³-hybridized carbons (Fsp3) is 0.600. The summed E-state index contributed by atoms with van der Waals surface area (Å²) in [4.78, 5) is 2.43. The average Bonchev–Trinajstić information content (AvgIpc) is 2.55. The minimum Gasteiger partial charge on any atom is -0.390 e. The Labute approximate surface area is 104 Å². The molecule has 1 heterocycles. The van der Waals surface area contributed by atoms with Crippen LogP contribution in [-0.4, -0.2) is 23.8 Å². The van der Waals surface area contributed by atoms with Crippen LogP contribution in [0.25, 0.3) is 0 Å². The summed E-state index contributed by atoms with van der Waals surface area (Å²) in [5, 5.41) is 10.0. The first-order valence-corrected chi connectivity index (χ1v) is 6.51. The number of fused-ring (bicyclic) bond motifs is 1. The van der Waals surface area contributed by atoms with Gasteiger partial charge in [-0.25, -0.2) is 0 Å². The number of anilines is 1. The van der Waals surface area contributed by atoms with E-state index in [-0.39, 0.29) is 0 Å². The van der Waals surface area contributed by atoms with E-state index in [4.69, 9.17) is 0 Å². The maximum Gasteiger partial charge on any atom is 0.0632 e. The highest BCUT2D eigenvalue weighted by molar-refractivity contribution is 5.65. The molecule has 1 unspecified atom stereocenters. The van der Waals surface area contributed by atoms with Gasteiger partial charge in [0.1, 0.15) is 0 Å². The van der Waals surface area contributed by atoms with Crippen molar-refractivity contribution < 1.29 is 5.11 Å². The first kappa shape index (κ1) is 12.4. The van der Waals surface area contributed by atoms with Crippen LogP contribution in [0, 0.1) is 0 Å². The molecule has 2 heteroatoms. The molecule has 0 amide bonds. The molecule has 17 heavy (non-hydrogen) atoms. The second-order valence-corrected chi connectivity index (χ2v) is 5.78. The summed E-state index contributed by atoms with van der Waals surface area (Å²) in [6.45, 7) is 10.4. The van der Waals surface area contributed by atoms with Gasteiger partial charge in [-0.1, -0.05) is 25.1 Å². The molecule has 2 nitrogen and oxygen atoms in total. The lowest BCUT2D eigenvalue weighted by molar-refractivity contribution is 0.0811. The fourth-order valence-corrected chi connectivity index (χ4v) is 2.81. The van der Waals surface area contributed by atoms with Gasteiger partial charge >= 0.3 is 0 Å².